The van der Waals surface area contributed by atoms with Crippen LogP contribution in [0.4, 0.5) is 11.5 Å². The molecule has 0 spiro atoms. The second-order valence-electron chi connectivity index (χ2n) is 4.39. The Hall–Kier alpha value is -2.53. The quantitative estimate of drug-likeness (QED) is 0.675. The van der Waals surface area contributed by atoms with Gasteiger partial charge in [0.05, 0.1) is 18.4 Å². The van der Waals surface area contributed by atoms with Crippen LogP contribution in [-0.4, -0.2) is 18.0 Å². The number of ether oxygens (including phenoxy) is 1. The van der Waals surface area contributed by atoms with Crippen molar-refractivity contribution >= 4 is 34.6 Å². The smallest absolute Gasteiger partial charge is 0.259 e. The van der Waals surface area contributed by atoms with Crippen molar-refractivity contribution in [2.24, 2.45) is 0 Å². The van der Waals surface area contributed by atoms with E-state index in [1.165, 1.54) is 0 Å². The fraction of sp³-hybridized carbons (Fsp3) is 0.0667. The van der Waals surface area contributed by atoms with Crippen LogP contribution >= 0.6 is 11.6 Å². The van der Waals surface area contributed by atoms with Crippen LogP contribution in [-0.2, 0) is 4.79 Å². The normalized spacial score (nSPS) is 14.8. The molecule has 2 aromatic rings. The van der Waals surface area contributed by atoms with Gasteiger partial charge in [-0.1, -0.05) is 23.7 Å². The summed E-state index contributed by atoms with van der Waals surface area (Å²) in [6, 6.07) is 10.9. The van der Waals surface area contributed by atoms with Gasteiger partial charge in [0.1, 0.15) is 16.7 Å². The molecular formula is C15H12ClN3O2. The van der Waals surface area contributed by atoms with Crippen molar-refractivity contribution in [3.63, 3.8) is 0 Å². The number of anilines is 2. The summed E-state index contributed by atoms with van der Waals surface area (Å²) in [7, 11) is 1.59. The van der Waals surface area contributed by atoms with Crippen LogP contribution in [0.1, 0.15) is 5.56 Å². The number of nitrogens with zero attached hydrogens (tertiary/aromatic N) is 1. The van der Waals surface area contributed by atoms with Crippen molar-refractivity contribution in [2.45, 2.75) is 0 Å². The number of fused-ring (bicyclic) bond motifs is 1. The van der Waals surface area contributed by atoms with Crippen molar-refractivity contribution in [1.29, 1.82) is 0 Å². The van der Waals surface area contributed by atoms with Gasteiger partial charge in [-0.15, -0.1) is 0 Å². The molecular weight excluding hydrogens is 290 g/mol. The molecule has 1 aliphatic rings. The van der Waals surface area contributed by atoms with Crippen molar-refractivity contribution in [2.75, 3.05) is 17.7 Å². The van der Waals surface area contributed by atoms with E-state index in [1.54, 1.807) is 25.4 Å². The Labute approximate surface area is 126 Å². The van der Waals surface area contributed by atoms with Crippen molar-refractivity contribution < 1.29 is 9.53 Å². The van der Waals surface area contributed by atoms with Crippen LogP contribution in [0.25, 0.3) is 5.57 Å². The Morgan fingerprint density at radius 2 is 2.10 bits per heavy atom. The minimum Gasteiger partial charge on any atom is -0.495 e. The van der Waals surface area contributed by atoms with E-state index in [0.29, 0.717) is 27.9 Å². The maximum absolute atomic E-state index is 12.0. The molecule has 0 saturated heterocycles. The molecule has 1 aromatic carbocycles. The monoisotopic (exact) mass is 301 g/mol. The molecule has 3 rings (SSSR count). The first-order valence-electron chi connectivity index (χ1n) is 6.27. The van der Waals surface area contributed by atoms with Crippen LogP contribution in [0.2, 0.25) is 5.15 Å². The first-order chi connectivity index (χ1) is 10.2. The molecule has 2 heterocycles. The van der Waals surface area contributed by atoms with Crippen molar-refractivity contribution in [3.05, 3.63) is 53.3 Å². The Morgan fingerprint density at radius 3 is 2.90 bits per heavy atom. The highest BCUT2D eigenvalue weighted by Gasteiger charge is 2.25. The van der Waals surface area contributed by atoms with Gasteiger partial charge in [0.2, 0.25) is 0 Å². The number of nitrogens with one attached hydrogen (secondary N) is 2. The van der Waals surface area contributed by atoms with E-state index >= 15 is 0 Å². The maximum Gasteiger partial charge on any atom is 0.259 e. The van der Waals surface area contributed by atoms with Crippen LogP contribution in [0.3, 0.4) is 0 Å². The number of hydrogen-bond acceptors (Lipinski definition) is 4. The number of halogens is 1. The summed E-state index contributed by atoms with van der Waals surface area (Å²) >= 11 is 5.82. The zero-order valence-electron chi connectivity index (χ0n) is 11.2. The van der Waals surface area contributed by atoms with Gasteiger partial charge >= 0.3 is 0 Å². The molecule has 6 heteroatoms. The summed E-state index contributed by atoms with van der Waals surface area (Å²) in [5.74, 6) is 0.949. The van der Waals surface area contributed by atoms with Gasteiger partial charge < -0.3 is 15.4 Å². The zero-order valence-corrected chi connectivity index (χ0v) is 11.9. The molecule has 0 radical (unpaired) electrons. The Kier molecular flexibility index (Phi) is 3.50. The molecule has 5 nitrogen and oxygen atoms in total. The molecule has 2 N–H and O–H groups in total. The van der Waals surface area contributed by atoms with E-state index in [0.717, 1.165) is 5.69 Å². The average molecular weight is 302 g/mol. The molecule has 0 fully saturated rings. The highest BCUT2D eigenvalue weighted by atomic mass is 35.5. The first kappa shape index (κ1) is 13.5. The summed E-state index contributed by atoms with van der Waals surface area (Å²) in [4.78, 5) is 16.1. The lowest BCUT2D eigenvalue weighted by molar-refractivity contribution is -0.110. The number of carbonyl (C=O) groups is 1. The number of para-hydroxylation sites is 2. The zero-order chi connectivity index (χ0) is 14.8. The summed E-state index contributed by atoms with van der Waals surface area (Å²) in [6.45, 7) is 0. The third-order valence-corrected chi connectivity index (χ3v) is 3.32. The molecule has 1 aliphatic heterocycles. The Balaban J connectivity index is 1.92. The Bertz CT molecular complexity index is 743. The highest BCUT2D eigenvalue weighted by Crippen LogP contribution is 2.32. The number of amides is 1. The van der Waals surface area contributed by atoms with Crippen molar-refractivity contribution in [1.82, 2.24) is 4.98 Å². The predicted molar refractivity (Wildman–Crippen MR) is 82.5 cm³/mol. The van der Waals surface area contributed by atoms with E-state index in [9.17, 15) is 4.79 Å². The molecule has 0 unspecified atom stereocenters. The second kappa shape index (κ2) is 5.46. The van der Waals surface area contributed by atoms with Gasteiger partial charge in [0.25, 0.3) is 5.91 Å². The van der Waals surface area contributed by atoms with E-state index in [-0.39, 0.29) is 5.91 Å². The molecule has 106 valence electrons. The fourth-order valence-corrected chi connectivity index (χ4v) is 2.25. The van der Waals surface area contributed by atoms with E-state index in [1.807, 2.05) is 24.3 Å². The Morgan fingerprint density at radius 1 is 1.29 bits per heavy atom. The number of hydrogen-bond donors (Lipinski definition) is 2. The number of carbonyl (C=O) groups excluding carboxylic acids is 1. The minimum atomic E-state index is -0.220. The average Bonchev–Trinajstić information content (AvgIpc) is 2.80. The third kappa shape index (κ3) is 2.55. The van der Waals surface area contributed by atoms with Crippen LogP contribution in [0, 0.1) is 0 Å². The van der Waals surface area contributed by atoms with Gasteiger partial charge in [0, 0.05) is 11.8 Å². The fourth-order valence-electron chi connectivity index (χ4n) is 2.10. The van der Waals surface area contributed by atoms with Gasteiger partial charge in [-0.2, -0.15) is 0 Å². The van der Waals surface area contributed by atoms with E-state index in [4.69, 9.17) is 16.3 Å². The van der Waals surface area contributed by atoms with E-state index < -0.39 is 0 Å². The molecule has 1 aromatic heterocycles. The summed E-state index contributed by atoms with van der Waals surface area (Å²) in [6.07, 6.45) is 1.63. The standard InChI is InChI=1S/C15H12ClN3O2/c1-21-12-5-3-2-4-11(12)17-8-10-9-6-7-13(16)18-14(9)19-15(10)20/h2-8,17H,1H3,(H,18,19,20). The first-order valence-corrected chi connectivity index (χ1v) is 6.65. The van der Waals surface area contributed by atoms with Crippen LogP contribution in [0.15, 0.2) is 42.6 Å². The maximum atomic E-state index is 12.0. The van der Waals surface area contributed by atoms with Crippen molar-refractivity contribution in [3.8, 4) is 5.75 Å². The van der Waals surface area contributed by atoms with Gasteiger partial charge in [-0.25, -0.2) is 4.98 Å². The summed E-state index contributed by atoms with van der Waals surface area (Å²) < 4.78 is 5.25. The predicted octanol–water partition coefficient (Wildman–Crippen LogP) is 3.15. The third-order valence-electron chi connectivity index (χ3n) is 3.11. The molecule has 0 saturated carbocycles. The van der Waals surface area contributed by atoms with Crippen LogP contribution < -0.4 is 15.4 Å². The molecule has 0 atom stereocenters. The minimum absolute atomic E-state index is 0.220. The molecule has 21 heavy (non-hydrogen) atoms. The molecule has 0 aliphatic carbocycles. The largest absolute Gasteiger partial charge is 0.495 e. The van der Waals surface area contributed by atoms with E-state index in [2.05, 4.69) is 15.6 Å². The topological polar surface area (TPSA) is 63.2 Å². The number of aromatic nitrogens is 1. The summed E-state index contributed by atoms with van der Waals surface area (Å²) in [5, 5.41) is 6.10. The summed E-state index contributed by atoms with van der Waals surface area (Å²) in [5.41, 5.74) is 1.99. The van der Waals surface area contributed by atoms with Gasteiger partial charge in [0.15, 0.2) is 0 Å². The second-order valence-corrected chi connectivity index (χ2v) is 4.77. The highest BCUT2D eigenvalue weighted by molar-refractivity contribution is 6.33. The lowest BCUT2D eigenvalue weighted by Gasteiger charge is -2.08. The van der Waals surface area contributed by atoms with Gasteiger partial charge in [-0.05, 0) is 24.3 Å². The number of benzene rings is 1. The van der Waals surface area contributed by atoms with Gasteiger partial charge in [-0.3, -0.25) is 4.79 Å². The SMILES string of the molecule is COc1ccccc1NC=C1C(=O)Nc2nc(Cl)ccc21. The number of rotatable bonds is 3. The van der Waals surface area contributed by atoms with Crippen LogP contribution in [0.5, 0.6) is 5.75 Å². The number of pyridine rings is 1. The lowest BCUT2D eigenvalue weighted by Crippen LogP contribution is -2.05. The molecule has 1 amide bonds. The lowest BCUT2D eigenvalue weighted by atomic mass is 10.1. The number of methoxy groups -OCH3 is 1. The molecule has 0 bridgehead atoms.